The van der Waals surface area contributed by atoms with Crippen LogP contribution < -0.4 is 0 Å². The zero-order valence-electron chi connectivity index (χ0n) is 2.98. The summed E-state index contributed by atoms with van der Waals surface area (Å²) >= 11 is 2.89. The first kappa shape index (κ1) is 6.38. The van der Waals surface area contributed by atoms with Crippen LogP contribution in [0.2, 0.25) is 0 Å². The van der Waals surface area contributed by atoms with Gasteiger partial charge >= 0.3 is 5.97 Å². The smallest absolute Gasteiger partial charge is 0.318 e. The van der Waals surface area contributed by atoms with E-state index in [-0.39, 0.29) is 11.3 Å². The van der Waals surface area contributed by atoms with Crippen molar-refractivity contribution >= 4 is 31.4 Å². The number of halogens is 1. The molecular weight excluding hydrogens is 167 g/mol. The van der Waals surface area contributed by atoms with Crippen molar-refractivity contribution in [2.24, 2.45) is 0 Å². The molecule has 6 heavy (non-hydrogen) atoms. The van der Waals surface area contributed by atoms with Crippen LogP contribution in [0, 0.1) is 0 Å². The Morgan fingerprint density at radius 2 is 2.50 bits per heavy atom. The molecule has 0 aromatic rings. The summed E-state index contributed by atoms with van der Waals surface area (Å²) in [5.74, 6) is -0.278. The largest absolute Gasteiger partial charge is 0.451 e. The Kier molecular flexibility index (Phi) is 3.79. The molecule has 1 atom stereocenters. The molecule has 0 rings (SSSR count). The van der Waals surface area contributed by atoms with Crippen molar-refractivity contribution in [2.45, 2.75) is 0 Å². The van der Waals surface area contributed by atoms with Crippen LogP contribution in [0.5, 0.6) is 0 Å². The van der Waals surface area contributed by atoms with Gasteiger partial charge in [0.05, 0.1) is 9.47 Å². The van der Waals surface area contributed by atoms with Crippen LogP contribution in [0.15, 0.2) is 0 Å². The Balaban J connectivity index is 2.99. The van der Waals surface area contributed by atoms with Crippen LogP contribution in [0.4, 0.5) is 0 Å². The molecule has 0 aliphatic rings. The Labute approximate surface area is 46.7 Å². The summed E-state index contributed by atoms with van der Waals surface area (Å²) in [7, 11) is 1.86. The van der Waals surface area contributed by atoms with Crippen molar-refractivity contribution in [1.29, 1.82) is 0 Å². The van der Waals surface area contributed by atoms with E-state index in [1.54, 1.807) is 0 Å². The van der Waals surface area contributed by atoms with Gasteiger partial charge in [-0.2, -0.15) is 0 Å². The van der Waals surface area contributed by atoms with Gasteiger partial charge in [0, 0.05) is 0 Å². The highest BCUT2D eigenvalue weighted by Crippen LogP contribution is 1.89. The molecular formula is C2H4BrO2P. The van der Waals surface area contributed by atoms with E-state index in [1.807, 2.05) is 9.47 Å². The van der Waals surface area contributed by atoms with Gasteiger partial charge in [0.2, 0.25) is 0 Å². The average molecular weight is 171 g/mol. The molecule has 0 amide bonds. The number of hydrogen-bond donors (Lipinski definition) is 0. The van der Waals surface area contributed by atoms with Gasteiger partial charge in [0.25, 0.3) is 0 Å². The lowest BCUT2D eigenvalue weighted by Gasteiger charge is -1.85. The number of alkyl halides is 1. The van der Waals surface area contributed by atoms with E-state index < -0.39 is 0 Å². The molecule has 0 bridgehead atoms. The molecule has 1 unspecified atom stereocenters. The highest BCUT2D eigenvalue weighted by molar-refractivity contribution is 9.09. The van der Waals surface area contributed by atoms with Crippen molar-refractivity contribution in [3.05, 3.63) is 0 Å². The third kappa shape index (κ3) is 2.61. The highest BCUT2D eigenvalue weighted by Gasteiger charge is 1.89. The van der Waals surface area contributed by atoms with Crippen LogP contribution in [0.1, 0.15) is 0 Å². The number of carbonyl (C=O) groups excluding carboxylic acids is 1. The topological polar surface area (TPSA) is 26.3 Å². The lowest BCUT2D eigenvalue weighted by molar-refractivity contribution is -0.130. The van der Waals surface area contributed by atoms with E-state index in [9.17, 15) is 4.79 Å². The minimum absolute atomic E-state index is 0.260. The van der Waals surface area contributed by atoms with Crippen molar-refractivity contribution < 1.29 is 9.32 Å². The zero-order chi connectivity index (χ0) is 4.99. The normalized spacial score (nSPS) is 7.67. The molecule has 0 aromatic heterocycles. The maximum atomic E-state index is 9.89. The second kappa shape index (κ2) is 3.57. The third-order valence-corrected chi connectivity index (χ3v) is 0.961. The standard InChI is InChI=1S/C2H4BrO2P/c3-1-2(4)5-6/h1,6H2. The Morgan fingerprint density at radius 3 is 2.50 bits per heavy atom. The molecule has 0 radical (unpaired) electrons. The van der Waals surface area contributed by atoms with E-state index in [1.165, 1.54) is 0 Å². The maximum Gasteiger partial charge on any atom is 0.318 e. The Bertz CT molecular complexity index is 49.5. The lowest BCUT2D eigenvalue weighted by atomic mass is 10.8. The predicted octanol–water partition coefficient (Wildman–Crippen LogP) is 0.715. The highest BCUT2D eigenvalue weighted by atomic mass is 79.9. The number of carbonyl (C=O) groups is 1. The van der Waals surface area contributed by atoms with Crippen LogP contribution in [-0.2, 0) is 9.32 Å². The first-order valence-corrected chi connectivity index (χ1v) is 2.86. The van der Waals surface area contributed by atoms with Gasteiger partial charge in [-0.25, -0.2) is 0 Å². The average Bonchev–Trinajstić information content (AvgIpc) is 1.65. The van der Waals surface area contributed by atoms with Crippen molar-refractivity contribution in [2.75, 3.05) is 5.33 Å². The lowest BCUT2D eigenvalue weighted by Crippen LogP contribution is -1.94. The maximum absolute atomic E-state index is 9.89. The minimum Gasteiger partial charge on any atom is -0.451 e. The van der Waals surface area contributed by atoms with E-state index in [4.69, 9.17) is 0 Å². The molecule has 0 saturated heterocycles. The molecule has 0 fully saturated rings. The van der Waals surface area contributed by atoms with Gasteiger partial charge in [-0.1, -0.05) is 15.9 Å². The van der Waals surface area contributed by atoms with Gasteiger partial charge in [0.1, 0.15) is 5.33 Å². The minimum atomic E-state index is -0.278. The Hall–Kier alpha value is 0.380. The molecule has 0 aliphatic heterocycles. The first-order chi connectivity index (χ1) is 2.81. The van der Waals surface area contributed by atoms with E-state index in [0.29, 0.717) is 0 Å². The summed E-state index contributed by atoms with van der Waals surface area (Å²) in [6.07, 6.45) is 0. The van der Waals surface area contributed by atoms with Crippen molar-refractivity contribution in [1.82, 2.24) is 0 Å². The number of rotatable bonds is 1. The summed E-state index contributed by atoms with van der Waals surface area (Å²) in [5, 5.41) is 0.260. The van der Waals surface area contributed by atoms with E-state index in [2.05, 4.69) is 20.5 Å². The summed E-state index contributed by atoms with van der Waals surface area (Å²) in [4.78, 5) is 9.89. The van der Waals surface area contributed by atoms with Crippen molar-refractivity contribution in [3.8, 4) is 0 Å². The SMILES string of the molecule is O=C(CBr)OP. The second-order valence-electron chi connectivity index (χ2n) is 0.623. The van der Waals surface area contributed by atoms with Crippen LogP contribution >= 0.6 is 25.4 Å². The monoisotopic (exact) mass is 170 g/mol. The second-order valence-corrected chi connectivity index (χ2v) is 1.42. The van der Waals surface area contributed by atoms with Gasteiger partial charge < -0.3 is 4.52 Å². The van der Waals surface area contributed by atoms with Crippen molar-refractivity contribution in [3.63, 3.8) is 0 Å². The molecule has 0 N–H and O–H groups in total. The fourth-order valence-corrected chi connectivity index (χ4v) is 0.491. The summed E-state index contributed by atoms with van der Waals surface area (Å²) in [6, 6.07) is 0. The number of hydrogen-bond acceptors (Lipinski definition) is 2. The summed E-state index contributed by atoms with van der Waals surface area (Å²) in [5.41, 5.74) is 0. The van der Waals surface area contributed by atoms with Crippen LogP contribution in [0.3, 0.4) is 0 Å². The predicted molar refractivity (Wildman–Crippen MR) is 29.6 cm³/mol. The third-order valence-electron chi connectivity index (χ3n) is 0.241. The summed E-state index contributed by atoms with van der Waals surface area (Å²) in [6.45, 7) is 0. The van der Waals surface area contributed by atoms with Gasteiger partial charge in [0.15, 0.2) is 0 Å². The van der Waals surface area contributed by atoms with E-state index in [0.717, 1.165) is 0 Å². The molecule has 0 saturated carbocycles. The quantitative estimate of drug-likeness (QED) is 0.429. The molecule has 4 heteroatoms. The fraction of sp³-hybridized carbons (Fsp3) is 0.500. The fourth-order valence-electron chi connectivity index (χ4n) is 0.0315. The van der Waals surface area contributed by atoms with Crippen LogP contribution in [0.25, 0.3) is 0 Å². The molecule has 0 spiro atoms. The van der Waals surface area contributed by atoms with Crippen LogP contribution in [-0.4, -0.2) is 11.3 Å². The molecule has 36 valence electrons. The van der Waals surface area contributed by atoms with Gasteiger partial charge in [-0.3, -0.25) is 4.79 Å². The Morgan fingerprint density at radius 1 is 2.00 bits per heavy atom. The molecule has 2 nitrogen and oxygen atoms in total. The molecule has 0 aliphatic carbocycles. The molecule has 0 heterocycles. The van der Waals surface area contributed by atoms with Gasteiger partial charge in [-0.05, 0) is 0 Å². The van der Waals surface area contributed by atoms with E-state index >= 15 is 0 Å². The van der Waals surface area contributed by atoms with Gasteiger partial charge in [-0.15, -0.1) is 0 Å². The first-order valence-electron chi connectivity index (χ1n) is 1.26. The zero-order valence-corrected chi connectivity index (χ0v) is 5.72. The summed E-state index contributed by atoms with van der Waals surface area (Å²) < 4.78 is 4.13. The molecule has 0 aromatic carbocycles.